The average molecular weight is 341 g/mol. The number of nitrogens with one attached hydrogen (secondary N) is 2. The lowest BCUT2D eigenvalue weighted by atomic mass is 10.1. The molecule has 6 heteroatoms. The van der Waals surface area contributed by atoms with Crippen LogP contribution in [0, 0.1) is 0 Å². The fraction of sp³-hybridized carbons (Fsp3) is 0.167. The number of hydrogen-bond donors (Lipinski definition) is 3. The minimum Gasteiger partial charge on any atom is -0.478 e. The van der Waals surface area contributed by atoms with Crippen LogP contribution in [0.5, 0.6) is 0 Å². The quantitative estimate of drug-likeness (QED) is 0.425. The number of carbonyl (C=O) groups is 1. The SMILES string of the molecule is CCC(Cc1ccccc1)=NNC(=S)Nc1cccc(C(=O)O)c1. The van der Waals surface area contributed by atoms with Gasteiger partial charge in [0.15, 0.2) is 5.11 Å². The van der Waals surface area contributed by atoms with Crippen molar-refractivity contribution >= 4 is 34.7 Å². The number of carboxylic acid groups (broad SMARTS) is 1. The Hall–Kier alpha value is -2.73. The van der Waals surface area contributed by atoms with Crippen molar-refractivity contribution in [1.29, 1.82) is 0 Å². The van der Waals surface area contributed by atoms with Gasteiger partial charge in [-0.25, -0.2) is 4.79 Å². The molecular weight excluding hydrogens is 322 g/mol. The summed E-state index contributed by atoms with van der Waals surface area (Å²) in [4.78, 5) is 11.0. The lowest BCUT2D eigenvalue weighted by Crippen LogP contribution is -2.25. The van der Waals surface area contributed by atoms with E-state index in [1.54, 1.807) is 12.1 Å². The maximum atomic E-state index is 11.0. The Morgan fingerprint density at radius 1 is 1.17 bits per heavy atom. The summed E-state index contributed by atoms with van der Waals surface area (Å²) < 4.78 is 0. The highest BCUT2D eigenvalue weighted by atomic mass is 32.1. The summed E-state index contributed by atoms with van der Waals surface area (Å²) in [5.41, 5.74) is 5.78. The Bertz CT molecular complexity index is 745. The van der Waals surface area contributed by atoms with Gasteiger partial charge in [-0.2, -0.15) is 5.10 Å². The van der Waals surface area contributed by atoms with Crippen molar-refractivity contribution in [2.75, 3.05) is 5.32 Å². The number of benzene rings is 2. The van der Waals surface area contributed by atoms with Gasteiger partial charge in [-0.1, -0.05) is 43.3 Å². The highest BCUT2D eigenvalue weighted by Gasteiger charge is 2.04. The molecule has 0 aromatic heterocycles. The molecule has 3 N–H and O–H groups in total. The van der Waals surface area contributed by atoms with Crippen LogP contribution in [0.25, 0.3) is 0 Å². The van der Waals surface area contributed by atoms with Crippen LogP contribution in [0.2, 0.25) is 0 Å². The molecule has 0 unspecified atom stereocenters. The molecule has 0 spiro atoms. The topological polar surface area (TPSA) is 73.7 Å². The van der Waals surface area contributed by atoms with Crippen LogP contribution in [0.4, 0.5) is 5.69 Å². The maximum Gasteiger partial charge on any atom is 0.335 e. The summed E-state index contributed by atoms with van der Waals surface area (Å²) in [6.45, 7) is 2.04. The van der Waals surface area contributed by atoms with Gasteiger partial charge in [-0.05, 0) is 42.4 Å². The van der Waals surface area contributed by atoms with Crippen LogP contribution in [0.1, 0.15) is 29.3 Å². The van der Waals surface area contributed by atoms with E-state index in [2.05, 4.69) is 28.0 Å². The highest BCUT2D eigenvalue weighted by molar-refractivity contribution is 7.80. The Morgan fingerprint density at radius 2 is 1.92 bits per heavy atom. The third-order valence-electron chi connectivity index (χ3n) is 3.34. The molecular formula is C18H19N3O2S. The summed E-state index contributed by atoms with van der Waals surface area (Å²) in [6, 6.07) is 16.5. The number of anilines is 1. The molecule has 124 valence electrons. The van der Waals surface area contributed by atoms with Crippen LogP contribution < -0.4 is 10.7 Å². The second-order valence-electron chi connectivity index (χ2n) is 5.15. The summed E-state index contributed by atoms with van der Waals surface area (Å²) in [7, 11) is 0. The van der Waals surface area contributed by atoms with Gasteiger partial charge in [0.05, 0.1) is 5.56 Å². The molecule has 2 rings (SSSR count). The minimum atomic E-state index is -0.980. The summed E-state index contributed by atoms with van der Waals surface area (Å²) in [5, 5.41) is 16.6. The third kappa shape index (κ3) is 5.48. The van der Waals surface area contributed by atoms with E-state index in [1.165, 1.54) is 17.7 Å². The van der Waals surface area contributed by atoms with Crippen LogP contribution in [0.15, 0.2) is 59.7 Å². The zero-order valence-corrected chi connectivity index (χ0v) is 14.1. The van der Waals surface area contributed by atoms with Crippen molar-refractivity contribution in [2.24, 2.45) is 5.10 Å². The van der Waals surface area contributed by atoms with Gasteiger partial charge in [0, 0.05) is 17.8 Å². The van der Waals surface area contributed by atoms with Crippen LogP contribution in [-0.2, 0) is 6.42 Å². The first kappa shape index (κ1) is 17.6. The Labute approximate surface area is 146 Å². The van der Waals surface area contributed by atoms with Crippen molar-refractivity contribution in [1.82, 2.24) is 5.43 Å². The molecule has 0 bridgehead atoms. The van der Waals surface area contributed by atoms with Gasteiger partial charge in [0.1, 0.15) is 0 Å². The number of hydrogen-bond acceptors (Lipinski definition) is 3. The van der Waals surface area contributed by atoms with Crippen molar-refractivity contribution in [3.8, 4) is 0 Å². The maximum absolute atomic E-state index is 11.0. The van der Waals surface area contributed by atoms with Gasteiger partial charge >= 0.3 is 5.97 Å². The first-order valence-electron chi connectivity index (χ1n) is 7.58. The van der Waals surface area contributed by atoms with E-state index in [0.717, 1.165) is 18.6 Å². The highest BCUT2D eigenvalue weighted by Crippen LogP contribution is 2.10. The third-order valence-corrected chi connectivity index (χ3v) is 3.54. The minimum absolute atomic E-state index is 0.199. The molecule has 0 saturated heterocycles. The molecule has 0 amide bonds. The molecule has 24 heavy (non-hydrogen) atoms. The normalized spacial score (nSPS) is 11.0. The van der Waals surface area contributed by atoms with Gasteiger partial charge in [0.2, 0.25) is 0 Å². The molecule has 0 saturated carbocycles. The molecule has 0 atom stereocenters. The smallest absolute Gasteiger partial charge is 0.335 e. The molecule has 2 aromatic rings. The van der Waals surface area contributed by atoms with Crippen molar-refractivity contribution < 1.29 is 9.90 Å². The number of thiocarbonyl (C=S) groups is 1. The zero-order chi connectivity index (χ0) is 17.4. The average Bonchev–Trinajstić information content (AvgIpc) is 2.59. The first-order valence-corrected chi connectivity index (χ1v) is 7.99. The van der Waals surface area contributed by atoms with Gasteiger partial charge in [-0.3, -0.25) is 5.43 Å². The molecule has 5 nitrogen and oxygen atoms in total. The van der Waals surface area contributed by atoms with E-state index in [-0.39, 0.29) is 5.56 Å². The molecule has 0 fully saturated rings. The predicted octanol–water partition coefficient (Wildman–Crippen LogP) is 3.68. The predicted molar refractivity (Wildman–Crippen MR) is 101 cm³/mol. The van der Waals surface area contributed by atoms with E-state index in [1.807, 2.05) is 25.1 Å². The number of hydrazone groups is 1. The lowest BCUT2D eigenvalue weighted by molar-refractivity contribution is 0.0697. The number of carboxylic acids is 1. The van der Waals surface area contributed by atoms with Crippen molar-refractivity contribution in [2.45, 2.75) is 19.8 Å². The summed E-state index contributed by atoms with van der Waals surface area (Å²) in [6.07, 6.45) is 1.56. The van der Waals surface area contributed by atoms with Gasteiger partial charge in [-0.15, -0.1) is 0 Å². The second kappa shape index (κ2) is 8.79. The van der Waals surface area contributed by atoms with Gasteiger partial charge < -0.3 is 10.4 Å². The van der Waals surface area contributed by atoms with Crippen LogP contribution >= 0.6 is 12.2 Å². The fourth-order valence-corrected chi connectivity index (χ4v) is 2.26. The summed E-state index contributed by atoms with van der Waals surface area (Å²) in [5.74, 6) is -0.980. The van der Waals surface area contributed by atoms with Crippen molar-refractivity contribution in [3.63, 3.8) is 0 Å². The van der Waals surface area contributed by atoms with Crippen LogP contribution in [-0.4, -0.2) is 21.9 Å². The van der Waals surface area contributed by atoms with E-state index in [4.69, 9.17) is 17.3 Å². The van der Waals surface area contributed by atoms with E-state index in [0.29, 0.717) is 10.8 Å². The monoisotopic (exact) mass is 341 g/mol. The molecule has 2 aromatic carbocycles. The zero-order valence-electron chi connectivity index (χ0n) is 13.3. The number of aromatic carboxylic acids is 1. The first-order chi connectivity index (χ1) is 11.6. The van der Waals surface area contributed by atoms with E-state index >= 15 is 0 Å². The molecule has 0 aliphatic carbocycles. The van der Waals surface area contributed by atoms with E-state index < -0.39 is 5.97 Å². The largest absolute Gasteiger partial charge is 0.478 e. The van der Waals surface area contributed by atoms with Crippen LogP contribution in [0.3, 0.4) is 0 Å². The lowest BCUT2D eigenvalue weighted by Gasteiger charge is -2.09. The molecule has 0 aliphatic heterocycles. The molecule has 0 heterocycles. The van der Waals surface area contributed by atoms with Crippen molar-refractivity contribution in [3.05, 3.63) is 65.7 Å². The standard InChI is InChI=1S/C18H19N3O2S/c1-2-15(11-13-7-4-3-5-8-13)20-21-18(24)19-16-10-6-9-14(12-16)17(22)23/h3-10,12H,2,11H2,1H3,(H,22,23)(H2,19,21,24). The number of rotatable bonds is 6. The summed E-state index contributed by atoms with van der Waals surface area (Å²) >= 11 is 5.20. The Balaban J connectivity index is 1.95. The number of nitrogens with zero attached hydrogens (tertiary/aromatic N) is 1. The second-order valence-corrected chi connectivity index (χ2v) is 5.55. The molecule has 0 radical (unpaired) electrons. The Kier molecular flexibility index (Phi) is 6.45. The van der Waals surface area contributed by atoms with Gasteiger partial charge in [0.25, 0.3) is 0 Å². The fourth-order valence-electron chi connectivity index (χ4n) is 2.09. The Morgan fingerprint density at radius 3 is 2.58 bits per heavy atom. The van der Waals surface area contributed by atoms with E-state index in [9.17, 15) is 4.79 Å². The molecule has 0 aliphatic rings.